The first-order chi connectivity index (χ1) is 6.29. The number of nitrogens with two attached hydrogens (primary N) is 3. The van der Waals surface area contributed by atoms with Crippen molar-refractivity contribution < 1.29 is 17.9 Å². The number of rotatable bonds is 1. The topological polar surface area (TPSA) is 100 Å². The van der Waals surface area contributed by atoms with Crippen molar-refractivity contribution in [2.75, 3.05) is 17.2 Å². The minimum atomic E-state index is -4.86. The number of hydrogen-bond acceptors (Lipinski definition) is 5. The van der Waals surface area contributed by atoms with Crippen molar-refractivity contribution in [3.8, 4) is 5.75 Å². The van der Waals surface area contributed by atoms with Crippen molar-refractivity contribution in [3.05, 3.63) is 6.07 Å². The lowest BCUT2D eigenvalue weighted by atomic mass is 10.3. The van der Waals surface area contributed by atoms with Gasteiger partial charge in [-0.1, -0.05) is 0 Å². The van der Waals surface area contributed by atoms with Gasteiger partial charge < -0.3 is 21.9 Å². The minimum Gasteiger partial charge on any atom is -0.400 e. The van der Waals surface area contributed by atoms with Gasteiger partial charge in [-0.2, -0.15) is 0 Å². The van der Waals surface area contributed by atoms with Gasteiger partial charge in [-0.15, -0.1) is 13.2 Å². The molecule has 6 N–H and O–H groups in total. The number of nitrogens with zero attached hydrogens (tertiary/aromatic N) is 1. The Kier molecular flexibility index (Phi) is 2.28. The Morgan fingerprint density at radius 1 is 1.21 bits per heavy atom. The molecule has 1 rings (SSSR count). The number of halogens is 3. The van der Waals surface area contributed by atoms with E-state index in [1.54, 1.807) is 0 Å². The highest BCUT2D eigenvalue weighted by atomic mass is 19.4. The summed E-state index contributed by atoms with van der Waals surface area (Å²) in [4.78, 5) is 3.37. The maximum absolute atomic E-state index is 11.8. The molecule has 1 heterocycles. The molecule has 1 aromatic heterocycles. The van der Waals surface area contributed by atoms with Crippen LogP contribution in [0.25, 0.3) is 0 Å². The van der Waals surface area contributed by atoms with Crippen LogP contribution in [-0.4, -0.2) is 11.3 Å². The van der Waals surface area contributed by atoms with Crippen LogP contribution in [0.1, 0.15) is 0 Å². The number of hydrogen-bond donors (Lipinski definition) is 3. The predicted octanol–water partition coefficient (Wildman–Crippen LogP) is 0.727. The van der Waals surface area contributed by atoms with Crippen LogP contribution < -0.4 is 21.9 Å². The molecule has 0 aromatic carbocycles. The van der Waals surface area contributed by atoms with Gasteiger partial charge in [0, 0.05) is 6.07 Å². The van der Waals surface area contributed by atoms with Crippen LogP contribution in [0.2, 0.25) is 0 Å². The molecule has 0 unspecified atom stereocenters. The molecular weight excluding hydrogens is 201 g/mol. The lowest BCUT2D eigenvalue weighted by Gasteiger charge is -2.12. The van der Waals surface area contributed by atoms with Crippen molar-refractivity contribution in [1.29, 1.82) is 0 Å². The molecule has 0 saturated carbocycles. The Labute approximate surface area is 76.6 Å². The van der Waals surface area contributed by atoms with Crippen LogP contribution in [0, 0.1) is 0 Å². The monoisotopic (exact) mass is 208 g/mol. The summed E-state index contributed by atoms with van der Waals surface area (Å²) in [5.41, 5.74) is 15.2. The third-order valence-electron chi connectivity index (χ3n) is 1.27. The van der Waals surface area contributed by atoms with E-state index in [4.69, 9.17) is 17.2 Å². The SMILES string of the molecule is Nc1cc(N)c(OC(F)(F)F)c(N)n1. The average Bonchev–Trinajstić information content (AvgIpc) is 1.95. The quantitative estimate of drug-likeness (QED) is 0.631. The van der Waals surface area contributed by atoms with E-state index in [1.807, 2.05) is 0 Å². The van der Waals surface area contributed by atoms with Gasteiger partial charge in [-0.05, 0) is 0 Å². The number of aromatic nitrogens is 1. The first-order valence-electron chi connectivity index (χ1n) is 3.37. The maximum Gasteiger partial charge on any atom is 0.573 e. The first-order valence-corrected chi connectivity index (χ1v) is 3.37. The third-order valence-corrected chi connectivity index (χ3v) is 1.27. The van der Waals surface area contributed by atoms with Crippen molar-refractivity contribution >= 4 is 17.3 Å². The zero-order valence-corrected chi connectivity index (χ0v) is 6.80. The lowest BCUT2D eigenvalue weighted by Crippen LogP contribution is -2.19. The molecule has 5 nitrogen and oxygen atoms in total. The zero-order chi connectivity index (χ0) is 10.9. The van der Waals surface area contributed by atoms with E-state index in [2.05, 4.69) is 9.72 Å². The standard InChI is InChI=1S/C6H7F3N4O/c7-6(8,9)14-4-2(10)1-3(11)13-5(4)12/h1H,(H6,10,11,12,13). The van der Waals surface area contributed by atoms with Gasteiger partial charge in [0.05, 0.1) is 5.69 Å². The number of nitrogen functional groups attached to an aromatic ring is 3. The largest absolute Gasteiger partial charge is 0.573 e. The van der Waals surface area contributed by atoms with Gasteiger partial charge in [0.25, 0.3) is 0 Å². The summed E-state index contributed by atoms with van der Waals surface area (Å²) in [5, 5.41) is 0. The highest BCUT2D eigenvalue weighted by Gasteiger charge is 2.33. The second-order valence-electron chi connectivity index (χ2n) is 2.40. The highest BCUT2D eigenvalue weighted by molar-refractivity contribution is 5.67. The Morgan fingerprint density at radius 2 is 1.79 bits per heavy atom. The molecule has 0 fully saturated rings. The molecule has 14 heavy (non-hydrogen) atoms. The maximum atomic E-state index is 11.8. The van der Waals surface area contributed by atoms with E-state index in [0.717, 1.165) is 6.07 Å². The summed E-state index contributed by atoms with van der Waals surface area (Å²) in [5.74, 6) is -1.30. The molecular formula is C6H7F3N4O. The molecule has 0 aliphatic heterocycles. The molecule has 0 aliphatic carbocycles. The van der Waals surface area contributed by atoms with Crippen LogP contribution >= 0.6 is 0 Å². The van der Waals surface area contributed by atoms with Gasteiger partial charge in [0.2, 0.25) is 0 Å². The molecule has 8 heteroatoms. The predicted molar refractivity (Wildman–Crippen MR) is 44.2 cm³/mol. The van der Waals surface area contributed by atoms with Crippen LogP contribution in [0.4, 0.5) is 30.5 Å². The number of ether oxygens (including phenoxy) is 1. The lowest BCUT2D eigenvalue weighted by molar-refractivity contribution is -0.274. The smallest absolute Gasteiger partial charge is 0.400 e. The van der Waals surface area contributed by atoms with E-state index >= 15 is 0 Å². The second kappa shape index (κ2) is 3.13. The third kappa shape index (κ3) is 2.31. The van der Waals surface area contributed by atoms with Gasteiger partial charge >= 0.3 is 6.36 Å². The fourth-order valence-corrected chi connectivity index (χ4v) is 0.822. The number of alkyl halides is 3. The summed E-state index contributed by atoms with van der Waals surface area (Å²) in [6, 6.07) is 1.03. The molecule has 0 amide bonds. The molecule has 0 aliphatic rings. The molecule has 0 spiro atoms. The zero-order valence-electron chi connectivity index (χ0n) is 6.80. The fraction of sp³-hybridized carbons (Fsp3) is 0.167. The van der Waals surface area contributed by atoms with E-state index in [0.29, 0.717) is 0 Å². The summed E-state index contributed by atoms with van der Waals surface area (Å²) >= 11 is 0. The first kappa shape index (κ1) is 10.2. The molecule has 1 aromatic rings. The summed E-state index contributed by atoms with van der Waals surface area (Å²) in [6.07, 6.45) is -4.86. The molecule has 0 radical (unpaired) electrons. The van der Waals surface area contributed by atoms with E-state index in [-0.39, 0.29) is 11.5 Å². The summed E-state index contributed by atoms with van der Waals surface area (Å²) in [7, 11) is 0. The van der Waals surface area contributed by atoms with Crippen molar-refractivity contribution in [2.45, 2.75) is 6.36 Å². The van der Waals surface area contributed by atoms with Gasteiger partial charge in [-0.3, -0.25) is 0 Å². The van der Waals surface area contributed by atoms with Gasteiger partial charge in [-0.25, -0.2) is 4.98 Å². The van der Waals surface area contributed by atoms with Gasteiger partial charge in [0.1, 0.15) is 5.82 Å². The fourth-order valence-electron chi connectivity index (χ4n) is 0.822. The average molecular weight is 208 g/mol. The second-order valence-corrected chi connectivity index (χ2v) is 2.40. The van der Waals surface area contributed by atoms with E-state index in [9.17, 15) is 13.2 Å². The van der Waals surface area contributed by atoms with Crippen LogP contribution in [0.3, 0.4) is 0 Å². The van der Waals surface area contributed by atoms with Crippen molar-refractivity contribution in [2.24, 2.45) is 0 Å². The van der Waals surface area contributed by atoms with Crippen LogP contribution in [0.15, 0.2) is 6.07 Å². The Bertz CT molecular complexity index is 328. The van der Waals surface area contributed by atoms with Crippen LogP contribution in [0.5, 0.6) is 5.75 Å². The number of pyridine rings is 1. The Balaban J connectivity index is 3.09. The normalized spacial score (nSPS) is 11.4. The Morgan fingerprint density at radius 3 is 2.21 bits per heavy atom. The molecule has 78 valence electrons. The molecule has 0 atom stereocenters. The van der Waals surface area contributed by atoms with Crippen LogP contribution in [-0.2, 0) is 0 Å². The highest BCUT2D eigenvalue weighted by Crippen LogP contribution is 2.33. The van der Waals surface area contributed by atoms with Crippen molar-refractivity contribution in [1.82, 2.24) is 4.98 Å². The molecule has 0 saturated heterocycles. The van der Waals surface area contributed by atoms with E-state index < -0.39 is 17.9 Å². The summed E-state index contributed by atoms with van der Waals surface area (Å²) < 4.78 is 39.0. The molecule has 0 bridgehead atoms. The van der Waals surface area contributed by atoms with E-state index in [1.165, 1.54) is 0 Å². The summed E-state index contributed by atoms with van der Waals surface area (Å²) in [6.45, 7) is 0. The van der Waals surface area contributed by atoms with Crippen molar-refractivity contribution in [3.63, 3.8) is 0 Å². The number of anilines is 3. The minimum absolute atomic E-state index is 0.0745. The van der Waals surface area contributed by atoms with Gasteiger partial charge in [0.15, 0.2) is 11.6 Å². The Hall–Kier alpha value is -1.86.